The fraction of sp³-hybridized carbons (Fsp3) is 0.920. The molecule has 1 unspecified atom stereocenters. The average Bonchev–Trinajstić information content (AvgIpc) is 2.75. The van der Waals surface area contributed by atoms with Gasteiger partial charge in [0.05, 0.1) is 19.6 Å². The topological polar surface area (TPSA) is 95.9 Å². The molecule has 0 fully saturated rings. The van der Waals surface area contributed by atoms with Crippen LogP contribution in [0.1, 0.15) is 111 Å². The molecule has 0 aromatic carbocycles. The molecule has 0 aromatic rings. The van der Waals surface area contributed by atoms with Crippen LogP contribution in [-0.2, 0) is 14.3 Å². The first kappa shape index (κ1) is 29.9. The molecule has 0 heterocycles. The van der Waals surface area contributed by atoms with Crippen molar-refractivity contribution in [2.75, 3.05) is 19.8 Å². The highest BCUT2D eigenvalue weighted by atomic mass is 16.5. The number of ether oxygens (including phenoxy) is 1. The highest BCUT2D eigenvalue weighted by Gasteiger charge is 2.32. The van der Waals surface area contributed by atoms with E-state index in [4.69, 9.17) is 4.74 Å². The van der Waals surface area contributed by atoms with Gasteiger partial charge in [-0.2, -0.15) is 0 Å². The number of nitrogens with one attached hydrogen (secondary N) is 1. The zero-order chi connectivity index (χ0) is 23.5. The van der Waals surface area contributed by atoms with Crippen LogP contribution in [0.4, 0.5) is 0 Å². The van der Waals surface area contributed by atoms with Gasteiger partial charge >= 0.3 is 5.97 Å². The minimum atomic E-state index is -1.32. The number of amides is 1. The lowest BCUT2D eigenvalue weighted by molar-refractivity contribution is -0.145. The predicted molar refractivity (Wildman–Crippen MR) is 126 cm³/mol. The van der Waals surface area contributed by atoms with Crippen molar-refractivity contribution in [3.63, 3.8) is 0 Å². The van der Waals surface area contributed by atoms with Crippen LogP contribution in [0.3, 0.4) is 0 Å². The van der Waals surface area contributed by atoms with E-state index in [0.29, 0.717) is 12.5 Å². The summed E-state index contributed by atoms with van der Waals surface area (Å²) < 4.78 is 5.49. The molecule has 0 saturated carbocycles. The summed E-state index contributed by atoms with van der Waals surface area (Å²) in [7, 11) is 0. The first-order chi connectivity index (χ1) is 14.8. The van der Waals surface area contributed by atoms with Crippen LogP contribution >= 0.6 is 0 Å². The van der Waals surface area contributed by atoms with Gasteiger partial charge in [0.2, 0.25) is 5.91 Å². The smallest absolute Gasteiger partial charge is 0.307 e. The van der Waals surface area contributed by atoms with Crippen LogP contribution in [0.25, 0.3) is 0 Å². The van der Waals surface area contributed by atoms with Crippen LogP contribution in [0.15, 0.2) is 0 Å². The van der Waals surface area contributed by atoms with Crippen LogP contribution in [0, 0.1) is 11.3 Å². The number of carbonyl (C=O) groups excluding carboxylic acids is 2. The molecule has 0 aromatic heterocycles. The largest absolute Gasteiger partial charge is 0.465 e. The van der Waals surface area contributed by atoms with Gasteiger partial charge in [-0.05, 0) is 18.8 Å². The van der Waals surface area contributed by atoms with E-state index in [1.165, 1.54) is 64.2 Å². The molecule has 2 atom stereocenters. The number of carbonyl (C=O) groups is 2. The van der Waals surface area contributed by atoms with Crippen molar-refractivity contribution in [2.24, 2.45) is 11.3 Å². The third-order valence-electron chi connectivity index (χ3n) is 5.94. The number of aliphatic hydroxyl groups is 2. The summed E-state index contributed by atoms with van der Waals surface area (Å²) in [6.45, 7) is 7.92. The van der Waals surface area contributed by atoms with Gasteiger partial charge in [0, 0.05) is 12.0 Å². The van der Waals surface area contributed by atoms with E-state index in [1.807, 2.05) is 0 Å². The Morgan fingerprint density at radius 3 is 1.97 bits per heavy atom. The zero-order valence-electron chi connectivity index (χ0n) is 20.6. The van der Waals surface area contributed by atoms with Crippen molar-refractivity contribution in [2.45, 2.75) is 117 Å². The van der Waals surface area contributed by atoms with Gasteiger partial charge in [-0.1, -0.05) is 91.9 Å². The second-order valence-electron chi connectivity index (χ2n) is 9.55. The third-order valence-corrected chi connectivity index (χ3v) is 5.94. The van der Waals surface area contributed by atoms with E-state index in [1.54, 1.807) is 13.8 Å². The number of hydrogen-bond donors (Lipinski definition) is 3. The molecule has 0 radical (unpaired) electrons. The molecule has 0 aliphatic carbocycles. The number of hydrogen-bond acceptors (Lipinski definition) is 5. The minimum Gasteiger partial charge on any atom is -0.465 e. The standard InChI is InChI=1S/C25H49NO5/c1-5-7-9-11-12-14-16-21(15-13-10-8-6-2)19-31-22(28)17-18-26-24(30)23(29)25(3,4)20-27/h21,23,27,29H,5-20H2,1-4H3,(H,26,30)/t21?,23-/m0/s1. The maximum atomic E-state index is 12.1. The van der Waals surface area contributed by atoms with Gasteiger partial charge in [-0.3, -0.25) is 9.59 Å². The molecular weight excluding hydrogens is 394 g/mol. The van der Waals surface area contributed by atoms with E-state index in [-0.39, 0.29) is 25.5 Å². The second-order valence-corrected chi connectivity index (χ2v) is 9.55. The van der Waals surface area contributed by atoms with Gasteiger partial charge in [0.15, 0.2) is 0 Å². The fourth-order valence-corrected chi connectivity index (χ4v) is 3.49. The Bertz CT molecular complexity index is 467. The predicted octanol–water partition coefficient (Wildman–Crippen LogP) is 4.75. The quantitative estimate of drug-likeness (QED) is 0.186. The summed E-state index contributed by atoms with van der Waals surface area (Å²) in [5, 5.41) is 21.8. The lowest BCUT2D eigenvalue weighted by atomic mass is 9.87. The SMILES string of the molecule is CCCCCCCCC(CCCCCC)COC(=O)CCNC(=O)[C@H](O)C(C)(C)CO. The number of esters is 1. The maximum absolute atomic E-state index is 12.1. The lowest BCUT2D eigenvalue weighted by Gasteiger charge is -2.27. The maximum Gasteiger partial charge on any atom is 0.307 e. The molecule has 0 saturated heterocycles. The van der Waals surface area contributed by atoms with E-state index in [2.05, 4.69) is 19.2 Å². The summed E-state index contributed by atoms with van der Waals surface area (Å²) in [5.74, 6) is -0.491. The van der Waals surface area contributed by atoms with Crippen LogP contribution in [0.5, 0.6) is 0 Å². The van der Waals surface area contributed by atoms with Crippen LogP contribution in [-0.4, -0.2) is 48.0 Å². The molecule has 0 aliphatic heterocycles. The Kier molecular flexibility index (Phi) is 17.8. The van der Waals surface area contributed by atoms with Crippen LogP contribution in [0.2, 0.25) is 0 Å². The van der Waals surface area contributed by atoms with E-state index >= 15 is 0 Å². The molecule has 6 heteroatoms. The van der Waals surface area contributed by atoms with Crippen molar-refractivity contribution in [3.8, 4) is 0 Å². The van der Waals surface area contributed by atoms with Crippen molar-refractivity contribution >= 4 is 11.9 Å². The first-order valence-electron chi connectivity index (χ1n) is 12.5. The Labute approximate surface area is 190 Å². The van der Waals surface area contributed by atoms with Crippen molar-refractivity contribution in [1.82, 2.24) is 5.32 Å². The summed E-state index contributed by atoms with van der Waals surface area (Å²) in [5.41, 5.74) is -0.924. The molecule has 31 heavy (non-hydrogen) atoms. The molecule has 3 N–H and O–H groups in total. The van der Waals surface area contributed by atoms with Crippen molar-refractivity contribution < 1.29 is 24.5 Å². The van der Waals surface area contributed by atoms with Gasteiger partial charge in [0.25, 0.3) is 0 Å². The molecule has 0 rings (SSSR count). The Morgan fingerprint density at radius 2 is 1.42 bits per heavy atom. The Balaban J connectivity index is 4.23. The molecule has 6 nitrogen and oxygen atoms in total. The van der Waals surface area contributed by atoms with Crippen molar-refractivity contribution in [3.05, 3.63) is 0 Å². The highest BCUT2D eigenvalue weighted by molar-refractivity contribution is 5.81. The second kappa shape index (κ2) is 18.4. The molecule has 0 bridgehead atoms. The van der Waals surface area contributed by atoms with E-state index in [9.17, 15) is 19.8 Å². The number of rotatable bonds is 20. The van der Waals surface area contributed by atoms with E-state index in [0.717, 1.165) is 12.8 Å². The van der Waals surface area contributed by atoms with Gasteiger partial charge in [-0.25, -0.2) is 0 Å². The average molecular weight is 444 g/mol. The van der Waals surface area contributed by atoms with Gasteiger partial charge in [-0.15, -0.1) is 0 Å². The lowest BCUT2D eigenvalue weighted by Crippen LogP contribution is -2.46. The number of aliphatic hydroxyl groups excluding tert-OH is 2. The highest BCUT2D eigenvalue weighted by Crippen LogP contribution is 2.20. The fourth-order valence-electron chi connectivity index (χ4n) is 3.49. The monoisotopic (exact) mass is 443 g/mol. The first-order valence-corrected chi connectivity index (χ1v) is 12.5. The molecule has 0 spiro atoms. The summed E-state index contributed by atoms with van der Waals surface area (Å²) >= 11 is 0. The van der Waals surface area contributed by atoms with Gasteiger partial charge < -0.3 is 20.3 Å². The molecule has 0 aliphatic rings. The number of unbranched alkanes of at least 4 members (excludes halogenated alkanes) is 8. The van der Waals surface area contributed by atoms with E-state index < -0.39 is 17.4 Å². The third kappa shape index (κ3) is 15.3. The normalized spacial score (nSPS) is 13.6. The van der Waals surface area contributed by atoms with Gasteiger partial charge in [0.1, 0.15) is 6.10 Å². The molecule has 1 amide bonds. The van der Waals surface area contributed by atoms with Crippen LogP contribution < -0.4 is 5.32 Å². The minimum absolute atomic E-state index is 0.0809. The van der Waals surface area contributed by atoms with Crippen molar-refractivity contribution in [1.29, 1.82) is 0 Å². The summed E-state index contributed by atoms with van der Waals surface area (Å²) in [4.78, 5) is 24.1. The Hall–Kier alpha value is -1.14. The Morgan fingerprint density at radius 1 is 0.903 bits per heavy atom. The summed E-state index contributed by atoms with van der Waals surface area (Å²) in [6, 6.07) is 0. The molecule has 184 valence electrons. The zero-order valence-corrected chi connectivity index (χ0v) is 20.6. The summed E-state index contributed by atoms with van der Waals surface area (Å²) in [6.07, 6.45) is 13.4. The molecular formula is C25H49NO5.